The van der Waals surface area contributed by atoms with E-state index in [0.717, 1.165) is 17.7 Å². The molecule has 64 valence electrons. The van der Waals surface area contributed by atoms with E-state index in [4.69, 9.17) is 9.78 Å². The Morgan fingerprint density at radius 1 is 1.42 bits per heavy atom. The lowest BCUT2D eigenvalue weighted by atomic mass is 10.1. The monoisotopic (exact) mass is 164 g/mol. The highest BCUT2D eigenvalue weighted by Gasteiger charge is 2.12. The Balaban J connectivity index is 2.26. The van der Waals surface area contributed by atoms with Crippen molar-refractivity contribution in [2.75, 3.05) is 0 Å². The summed E-state index contributed by atoms with van der Waals surface area (Å²) in [5, 5.41) is 0. The molecule has 2 heteroatoms. The molecule has 0 N–H and O–H groups in total. The lowest BCUT2D eigenvalue weighted by molar-refractivity contribution is -0.194. The molecule has 1 aromatic rings. The van der Waals surface area contributed by atoms with E-state index in [9.17, 15) is 0 Å². The number of fused-ring (bicyclic) bond motifs is 1. The summed E-state index contributed by atoms with van der Waals surface area (Å²) in [7, 11) is 0. The second-order valence-electron chi connectivity index (χ2n) is 3.04. The molecule has 1 heterocycles. The standard InChI is InChI=1S/C10H12O2/c1-2-3-8-4-5-9-7-11-12-10(9)6-8/h4-6H,2-3,7H2,1H3. The Labute approximate surface area is 72.0 Å². The zero-order valence-corrected chi connectivity index (χ0v) is 7.17. The first-order valence-corrected chi connectivity index (χ1v) is 4.31. The summed E-state index contributed by atoms with van der Waals surface area (Å²) in [5.74, 6) is 0.890. The zero-order valence-electron chi connectivity index (χ0n) is 7.17. The molecule has 1 aliphatic rings. The summed E-state index contributed by atoms with van der Waals surface area (Å²) in [6, 6.07) is 6.28. The number of rotatable bonds is 2. The van der Waals surface area contributed by atoms with E-state index in [2.05, 4.69) is 25.1 Å². The molecule has 0 aliphatic carbocycles. The quantitative estimate of drug-likeness (QED) is 0.625. The van der Waals surface area contributed by atoms with Gasteiger partial charge in [-0.05, 0) is 18.1 Å². The Kier molecular flexibility index (Phi) is 2.00. The van der Waals surface area contributed by atoms with Gasteiger partial charge in [-0.3, -0.25) is 0 Å². The van der Waals surface area contributed by atoms with Gasteiger partial charge < -0.3 is 4.89 Å². The fourth-order valence-electron chi connectivity index (χ4n) is 1.40. The lowest BCUT2D eigenvalue weighted by Crippen LogP contribution is -1.85. The van der Waals surface area contributed by atoms with Crippen molar-refractivity contribution in [1.29, 1.82) is 0 Å². The van der Waals surface area contributed by atoms with Crippen molar-refractivity contribution in [2.45, 2.75) is 26.4 Å². The summed E-state index contributed by atoms with van der Waals surface area (Å²) >= 11 is 0. The minimum atomic E-state index is 0.585. The maximum Gasteiger partial charge on any atom is 0.171 e. The van der Waals surface area contributed by atoms with Crippen molar-refractivity contribution in [3.05, 3.63) is 29.3 Å². The van der Waals surface area contributed by atoms with E-state index in [1.54, 1.807) is 0 Å². The maximum absolute atomic E-state index is 4.99. The third-order valence-corrected chi connectivity index (χ3v) is 2.03. The number of aryl methyl sites for hydroxylation is 1. The smallest absolute Gasteiger partial charge is 0.171 e. The zero-order chi connectivity index (χ0) is 8.39. The van der Waals surface area contributed by atoms with Crippen molar-refractivity contribution < 1.29 is 9.78 Å². The van der Waals surface area contributed by atoms with E-state index in [1.165, 1.54) is 12.0 Å². The summed E-state index contributed by atoms with van der Waals surface area (Å²) in [5.41, 5.74) is 2.47. The van der Waals surface area contributed by atoms with Gasteiger partial charge in [-0.1, -0.05) is 25.5 Å². The maximum atomic E-state index is 4.99. The van der Waals surface area contributed by atoms with Gasteiger partial charge in [0.2, 0.25) is 0 Å². The van der Waals surface area contributed by atoms with E-state index >= 15 is 0 Å². The molecule has 12 heavy (non-hydrogen) atoms. The Hall–Kier alpha value is -1.02. The number of hydrogen-bond donors (Lipinski definition) is 0. The van der Waals surface area contributed by atoms with Gasteiger partial charge >= 0.3 is 0 Å². The van der Waals surface area contributed by atoms with Gasteiger partial charge in [0.25, 0.3) is 0 Å². The Morgan fingerprint density at radius 3 is 3.17 bits per heavy atom. The van der Waals surface area contributed by atoms with Crippen LogP contribution >= 0.6 is 0 Å². The molecule has 0 saturated carbocycles. The first-order chi connectivity index (χ1) is 5.90. The molecule has 0 bridgehead atoms. The third-order valence-electron chi connectivity index (χ3n) is 2.03. The van der Waals surface area contributed by atoms with Crippen molar-refractivity contribution in [3.63, 3.8) is 0 Å². The molecule has 2 nitrogen and oxygen atoms in total. The molecule has 0 atom stereocenters. The van der Waals surface area contributed by atoms with Gasteiger partial charge in [-0.25, -0.2) is 0 Å². The molecule has 0 radical (unpaired) electrons. The normalized spacial score (nSPS) is 14.1. The van der Waals surface area contributed by atoms with Crippen LogP contribution in [0.4, 0.5) is 0 Å². The van der Waals surface area contributed by atoms with Crippen LogP contribution in [0.3, 0.4) is 0 Å². The van der Waals surface area contributed by atoms with Crippen LogP contribution < -0.4 is 4.89 Å². The molecule has 0 saturated heterocycles. The Bertz CT molecular complexity index is 281. The van der Waals surface area contributed by atoms with Gasteiger partial charge in [-0.2, -0.15) is 4.89 Å². The molecule has 0 amide bonds. The summed E-state index contributed by atoms with van der Waals surface area (Å²) in [6.07, 6.45) is 2.27. The van der Waals surface area contributed by atoms with E-state index < -0.39 is 0 Å². The Morgan fingerprint density at radius 2 is 2.33 bits per heavy atom. The molecule has 0 aromatic heterocycles. The van der Waals surface area contributed by atoms with Crippen molar-refractivity contribution >= 4 is 0 Å². The minimum absolute atomic E-state index is 0.585. The van der Waals surface area contributed by atoms with Gasteiger partial charge in [0.15, 0.2) is 5.75 Å². The average molecular weight is 164 g/mol. The minimum Gasteiger partial charge on any atom is -0.337 e. The highest BCUT2D eigenvalue weighted by molar-refractivity contribution is 5.38. The van der Waals surface area contributed by atoms with Crippen LogP contribution in [0.1, 0.15) is 24.5 Å². The van der Waals surface area contributed by atoms with Crippen LogP contribution in [0.5, 0.6) is 5.75 Å². The topological polar surface area (TPSA) is 18.5 Å². The molecule has 0 spiro atoms. The van der Waals surface area contributed by atoms with Crippen molar-refractivity contribution in [1.82, 2.24) is 0 Å². The number of benzene rings is 1. The fourth-order valence-corrected chi connectivity index (χ4v) is 1.40. The van der Waals surface area contributed by atoms with Gasteiger partial charge in [-0.15, -0.1) is 0 Å². The van der Waals surface area contributed by atoms with Crippen LogP contribution in [-0.2, 0) is 17.9 Å². The molecule has 1 aromatic carbocycles. The SMILES string of the molecule is CCCc1ccc2c(c1)OOC2. The lowest BCUT2D eigenvalue weighted by Gasteiger charge is -1.99. The first-order valence-electron chi connectivity index (χ1n) is 4.31. The van der Waals surface area contributed by atoms with Gasteiger partial charge in [0.1, 0.15) is 6.61 Å². The van der Waals surface area contributed by atoms with Crippen molar-refractivity contribution in [3.8, 4) is 5.75 Å². The second kappa shape index (κ2) is 3.15. The van der Waals surface area contributed by atoms with Gasteiger partial charge in [0, 0.05) is 5.56 Å². The molecule has 2 rings (SSSR count). The van der Waals surface area contributed by atoms with Crippen LogP contribution in [0.2, 0.25) is 0 Å². The van der Waals surface area contributed by atoms with Crippen LogP contribution in [0, 0.1) is 0 Å². The van der Waals surface area contributed by atoms with Crippen LogP contribution in [0.15, 0.2) is 18.2 Å². The van der Waals surface area contributed by atoms with E-state index in [-0.39, 0.29) is 0 Å². The average Bonchev–Trinajstić information content (AvgIpc) is 2.51. The van der Waals surface area contributed by atoms with Crippen LogP contribution in [-0.4, -0.2) is 0 Å². The van der Waals surface area contributed by atoms with E-state index in [0.29, 0.717) is 6.61 Å². The van der Waals surface area contributed by atoms with E-state index in [1.807, 2.05) is 0 Å². The largest absolute Gasteiger partial charge is 0.337 e. The third kappa shape index (κ3) is 1.30. The van der Waals surface area contributed by atoms with Crippen molar-refractivity contribution in [2.24, 2.45) is 0 Å². The molecule has 0 unspecified atom stereocenters. The summed E-state index contributed by atoms with van der Waals surface area (Å²) in [6.45, 7) is 2.76. The predicted octanol–water partition coefficient (Wildman–Crippen LogP) is 2.46. The summed E-state index contributed by atoms with van der Waals surface area (Å²) < 4.78 is 0. The molecular weight excluding hydrogens is 152 g/mol. The fraction of sp³-hybridized carbons (Fsp3) is 0.400. The highest BCUT2D eigenvalue weighted by Crippen LogP contribution is 2.27. The van der Waals surface area contributed by atoms with Gasteiger partial charge in [0.05, 0.1) is 0 Å². The molecule has 1 aliphatic heterocycles. The number of hydrogen-bond acceptors (Lipinski definition) is 2. The molecular formula is C10H12O2. The molecule has 0 fully saturated rings. The summed E-state index contributed by atoms with van der Waals surface area (Å²) in [4.78, 5) is 9.83. The van der Waals surface area contributed by atoms with Crippen LogP contribution in [0.25, 0.3) is 0 Å². The predicted molar refractivity (Wildman–Crippen MR) is 45.9 cm³/mol. The first kappa shape index (κ1) is 7.62. The second-order valence-corrected chi connectivity index (χ2v) is 3.04. The highest BCUT2D eigenvalue weighted by atomic mass is 17.2.